The lowest BCUT2D eigenvalue weighted by atomic mass is 10.1. The minimum absolute atomic E-state index is 0.291. The molecule has 0 spiro atoms. The summed E-state index contributed by atoms with van der Waals surface area (Å²) in [7, 11) is 3.10. The Morgan fingerprint density at radius 3 is 2.40 bits per heavy atom. The van der Waals surface area contributed by atoms with Gasteiger partial charge in [-0.2, -0.15) is 0 Å². The largest absolute Gasteiger partial charge is 0.493 e. The second-order valence-corrected chi connectivity index (χ2v) is 5.93. The fourth-order valence-electron chi connectivity index (χ4n) is 2.13. The Morgan fingerprint density at radius 1 is 1.12 bits per heavy atom. The van der Waals surface area contributed by atoms with E-state index in [-0.39, 0.29) is 5.91 Å². The van der Waals surface area contributed by atoms with E-state index in [4.69, 9.17) is 9.47 Å². The van der Waals surface area contributed by atoms with Crippen LogP contribution in [-0.2, 0) is 0 Å². The first-order chi connectivity index (χ1) is 12.0. The summed E-state index contributed by atoms with van der Waals surface area (Å²) in [5, 5.41) is 5.92. The molecule has 0 atom stereocenters. The number of ether oxygens (including phenoxy) is 2. The van der Waals surface area contributed by atoms with Crippen LogP contribution in [0.15, 0.2) is 30.6 Å². The quantitative estimate of drug-likeness (QED) is 0.765. The van der Waals surface area contributed by atoms with Crippen molar-refractivity contribution >= 4 is 17.5 Å². The molecule has 25 heavy (non-hydrogen) atoms. The van der Waals surface area contributed by atoms with Gasteiger partial charge in [0.2, 0.25) is 5.95 Å². The third kappa shape index (κ3) is 5.34. The minimum atomic E-state index is -0.291. The molecule has 0 aliphatic carbocycles. The highest BCUT2D eigenvalue weighted by Crippen LogP contribution is 2.29. The van der Waals surface area contributed by atoms with E-state index in [0.717, 1.165) is 13.0 Å². The number of methoxy groups -OCH3 is 2. The zero-order valence-electron chi connectivity index (χ0n) is 15.0. The molecule has 1 aromatic heterocycles. The maximum Gasteiger partial charge on any atom is 0.258 e. The summed E-state index contributed by atoms with van der Waals surface area (Å²) in [6.45, 7) is 5.11. The van der Waals surface area contributed by atoms with Crippen molar-refractivity contribution in [1.29, 1.82) is 0 Å². The second kappa shape index (κ2) is 8.86. The summed E-state index contributed by atoms with van der Waals surface area (Å²) in [6.07, 6.45) is 4.03. The lowest BCUT2D eigenvalue weighted by molar-refractivity contribution is 0.102. The highest BCUT2D eigenvalue weighted by molar-refractivity contribution is 6.04. The standard InChI is InChI=1S/C18H24N4O3/c1-12(2)7-8-19-18-20-10-13(11-21-18)17(23)22-14-5-6-15(24-3)16(9-14)25-4/h5-6,9-12H,7-8H2,1-4H3,(H,22,23)(H,19,20,21). The van der Waals surface area contributed by atoms with Crippen LogP contribution in [0.4, 0.5) is 11.6 Å². The number of nitrogens with one attached hydrogen (secondary N) is 2. The summed E-state index contributed by atoms with van der Waals surface area (Å²) in [6, 6.07) is 5.16. The molecular weight excluding hydrogens is 320 g/mol. The molecule has 0 bridgehead atoms. The Morgan fingerprint density at radius 2 is 1.80 bits per heavy atom. The van der Waals surface area contributed by atoms with Gasteiger partial charge < -0.3 is 20.1 Å². The average Bonchev–Trinajstić information content (AvgIpc) is 2.61. The van der Waals surface area contributed by atoms with E-state index in [9.17, 15) is 4.79 Å². The number of rotatable bonds is 8. The topological polar surface area (TPSA) is 85.4 Å². The monoisotopic (exact) mass is 344 g/mol. The van der Waals surface area contributed by atoms with Gasteiger partial charge in [-0.15, -0.1) is 0 Å². The van der Waals surface area contributed by atoms with Gasteiger partial charge in [0.15, 0.2) is 11.5 Å². The van der Waals surface area contributed by atoms with Gasteiger partial charge in [-0.25, -0.2) is 9.97 Å². The Bertz CT molecular complexity index is 702. The van der Waals surface area contributed by atoms with Crippen LogP contribution in [0.2, 0.25) is 0 Å². The first-order valence-corrected chi connectivity index (χ1v) is 8.12. The molecule has 1 aromatic carbocycles. The van der Waals surface area contributed by atoms with Crippen LogP contribution in [0.1, 0.15) is 30.6 Å². The molecule has 1 heterocycles. The van der Waals surface area contributed by atoms with Crippen LogP contribution in [-0.4, -0.2) is 36.6 Å². The van der Waals surface area contributed by atoms with Crippen LogP contribution in [0.5, 0.6) is 11.5 Å². The summed E-state index contributed by atoms with van der Waals surface area (Å²) in [5.74, 6) is 1.98. The van der Waals surface area contributed by atoms with E-state index >= 15 is 0 Å². The first-order valence-electron chi connectivity index (χ1n) is 8.12. The van der Waals surface area contributed by atoms with Gasteiger partial charge in [0.1, 0.15) is 0 Å². The minimum Gasteiger partial charge on any atom is -0.493 e. The van der Waals surface area contributed by atoms with Crippen LogP contribution in [0.25, 0.3) is 0 Å². The van der Waals surface area contributed by atoms with E-state index in [1.807, 2.05) is 0 Å². The number of benzene rings is 1. The normalized spacial score (nSPS) is 10.4. The zero-order chi connectivity index (χ0) is 18.2. The van der Waals surface area contributed by atoms with Gasteiger partial charge in [0.25, 0.3) is 5.91 Å². The predicted molar refractivity (Wildman–Crippen MR) is 97.5 cm³/mol. The van der Waals surface area contributed by atoms with Crippen LogP contribution in [0, 0.1) is 5.92 Å². The molecule has 134 valence electrons. The highest BCUT2D eigenvalue weighted by Gasteiger charge is 2.10. The molecule has 0 aliphatic heterocycles. The summed E-state index contributed by atoms with van der Waals surface area (Å²) in [4.78, 5) is 20.6. The number of carbonyl (C=O) groups excluding carboxylic acids is 1. The van der Waals surface area contributed by atoms with Crippen LogP contribution < -0.4 is 20.1 Å². The van der Waals surface area contributed by atoms with Crippen molar-refractivity contribution in [2.75, 3.05) is 31.4 Å². The highest BCUT2D eigenvalue weighted by atomic mass is 16.5. The van der Waals surface area contributed by atoms with Gasteiger partial charge in [0, 0.05) is 30.7 Å². The molecule has 0 aliphatic rings. The summed E-state index contributed by atoms with van der Waals surface area (Å²) in [5.41, 5.74) is 0.978. The molecule has 0 saturated heterocycles. The smallest absolute Gasteiger partial charge is 0.258 e. The summed E-state index contributed by atoms with van der Waals surface area (Å²) >= 11 is 0. The fourth-order valence-corrected chi connectivity index (χ4v) is 2.13. The molecule has 2 rings (SSSR count). The molecule has 0 unspecified atom stereocenters. The van der Waals surface area contributed by atoms with Gasteiger partial charge in [0.05, 0.1) is 19.8 Å². The lowest BCUT2D eigenvalue weighted by Gasteiger charge is -2.11. The number of nitrogens with zero attached hydrogens (tertiary/aromatic N) is 2. The molecule has 7 heteroatoms. The molecular formula is C18H24N4O3. The Labute approximate surface area is 147 Å². The molecule has 0 saturated carbocycles. The number of hydrogen-bond donors (Lipinski definition) is 2. The third-order valence-corrected chi connectivity index (χ3v) is 3.56. The van der Waals surface area contributed by atoms with Crippen molar-refractivity contribution in [2.24, 2.45) is 5.92 Å². The third-order valence-electron chi connectivity index (χ3n) is 3.56. The molecule has 2 aromatic rings. The maximum atomic E-state index is 12.3. The zero-order valence-corrected chi connectivity index (χ0v) is 15.0. The van der Waals surface area contributed by atoms with E-state index in [2.05, 4.69) is 34.4 Å². The number of hydrogen-bond acceptors (Lipinski definition) is 6. The van der Waals surface area contributed by atoms with E-state index in [1.165, 1.54) is 12.4 Å². The van der Waals surface area contributed by atoms with Gasteiger partial charge in [-0.05, 0) is 24.5 Å². The van der Waals surface area contributed by atoms with Crippen molar-refractivity contribution in [3.63, 3.8) is 0 Å². The SMILES string of the molecule is COc1ccc(NC(=O)c2cnc(NCCC(C)C)nc2)cc1OC. The molecule has 2 N–H and O–H groups in total. The van der Waals surface area contributed by atoms with Crippen molar-refractivity contribution in [1.82, 2.24) is 9.97 Å². The Hall–Kier alpha value is -2.83. The average molecular weight is 344 g/mol. The first kappa shape index (κ1) is 18.5. The van der Waals surface area contributed by atoms with Crippen LogP contribution >= 0.6 is 0 Å². The number of aromatic nitrogens is 2. The lowest BCUT2D eigenvalue weighted by Crippen LogP contribution is -2.14. The van der Waals surface area contributed by atoms with Crippen molar-refractivity contribution in [3.8, 4) is 11.5 Å². The van der Waals surface area contributed by atoms with Gasteiger partial charge in [-0.3, -0.25) is 4.79 Å². The molecule has 0 fully saturated rings. The fraction of sp³-hybridized carbons (Fsp3) is 0.389. The van der Waals surface area contributed by atoms with Crippen molar-refractivity contribution < 1.29 is 14.3 Å². The number of anilines is 2. The van der Waals surface area contributed by atoms with E-state index < -0.39 is 0 Å². The Balaban J connectivity index is 1.98. The number of amides is 1. The van der Waals surface area contributed by atoms with Crippen molar-refractivity contribution in [3.05, 3.63) is 36.2 Å². The number of carbonyl (C=O) groups is 1. The van der Waals surface area contributed by atoms with E-state index in [1.54, 1.807) is 32.4 Å². The summed E-state index contributed by atoms with van der Waals surface area (Å²) < 4.78 is 10.4. The van der Waals surface area contributed by atoms with E-state index in [0.29, 0.717) is 34.6 Å². The predicted octanol–water partition coefficient (Wildman–Crippen LogP) is 3.20. The molecule has 1 amide bonds. The molecule has 0 radical (unpaired) electrons. The van der Waals surface area contributed by atoms with Gasteiger partial charge >= 0.3 is 0 Å². The Kier molecular flexibility index (Phi) is 6.56. The second-order valence-electron chi connectivity index (χ2n) is 5.93. The van der Waals surface area contributed by atoms with Crippen molar-refractivity contribution in [2.45, 2.75) is 20.3 Å². The van der Waals surface area contributed by atoms with Crippen LogP contribution in [0.3, 0.4) is 0 Å². The molecule has 7 nitrogen and oxygen atoms in total. The van der Waals surface area contributed by atoms with Gasteiger partial charge in [-0.1, -0.05) is 13.8 Å². The maximum absolute atomic E-state index is 12.3.